The summed E-state index contributed by atoms with van der Waals surface area (Å²) in [4.78, 5) is 21.3. The summed E-state index contributed by atoms with van der Waals surface area (Å²) in [6, 6.07) is 16.9. The minimum atomic E-state index is 0.0414. The third-order valence-corrected chi connectivity index (χ3v) is 6.14. The van der Waals surface area contributed by atoms with Crippen LogP contribution in [0.3, 0.4) is 0 Å². The van der Waals surface area contributed by atoms with Gasteiger partial charge >= 0.3 is 0 Å². The Hall–Kier alpha value is -2.60. The Morgan fingerprint density at radius 2 is 1.75 bits per heavy atom. The number of hydrogen-bond donors (Lipinski definition) is 0. The molecule has 0 unspecified atom stereocenters. The van der Waals surface area contributed by atoms with Crippen molar-refractivity contribution in [3.05, 3.63) is 93.7 Å². The number of amides is 1. The molecule has 5 nitrogen and oxygen atoms in total. The molecule has 1 aliphatic heterocycles. The second kappa shape index (κ2) is 10.8. The van der Waals surface area contributed by atoms with Crippen LogP contribution in [0.1, 0.15) is 21.5 Å². The zero-order valence-electron chi connectivity index (χ0n) is 17.7. The zero-order valence-corrected chi connectivity index (χ0v) is 19.2. The summed E-state index contributed by atoms with van der Waals surface area (Å²) < 4.78 is 5.88. The van der Waals surface area contributed by atoms with Gasteiger partial charge in [0.2, 0.25) is 0 Å². The molecule has 0 aliphatic carbocycles. The maximum Gasteiger partial charge on any atom is 0.254 e. The normalized spacial score (nSPS) is 14.4. The number of halogens is 2. The Morgan fingerprint density at radius 1 is 0.969 bits per heavy atom. The average molecular weight is 470 g/mol. The Balaban J connectivity index is 1.28. The fraction of sp³-hybridized carbons (Fsp3) is 0.280. The van der Waals surface area contributed by atoms with Gasteiger partial charge in [-0.2, -0.15) is 0 Å². The van der Waals surface area contributed by atoms with Gasteiger partial charge in [0.1, 0.15) is 5.75 Å². The molecule has 4 rings (SSSR count). The van der Waals surface area contributed by atoms with Gasteiger partial charge in [0.25, 0.3) is 5.91 Å². The van der Waals surface area contributed by atoms with Gasteiger partial charge in [-0.25, -0.2) is 0 Å². The van der Waals surface area contributed by atoms with E-state index in [1.807, 2.05) is 65.8 Å². The first-order valence-electron chi connectivity index (χ1n) is 10.7. The van der Waals surface area contributed by atoms with Crippen molar-refractivity contribution in [2.45, 2.75) is 13.0 Å². The van der Waals surface area contributed by atoms with Crippen molar-refractivity contribution in [2.24, 2.45) is 0 Å². The van der Waals surface area contributed by atoms with E-state index in [2.05, 4.69) is 9.88 Å². The Labute approximate surface area is 198 Å². The summed E-state index contributed by atoms with van der Waals surface area (Å²) in [7, 11) is 0. The third-order valence-electron chi connectivity index (χ3n) is 5.55. The molecular formula is C25H25Cl2N3O2. The van der Waals surface area contributed by atoms with E-state index in [4.69, 9.17) is 27.9 Å². The molecule has 7 heteroatoms. The lowest BCUT2D eigenvalue weighted by Gasteiger charge is -2.34. The van der Waals surface area contributed by atoms with Gasteiger partial charge in [0.05, 0.1) is 6.61 Å². The fourth-order valence-corrected chi connectivity index (χ4v) is 4.26. The maximum atomic E-state index is 13.0. The van der Waals surface area contributed by atoms with Crippen molar-refractivity contribution in [3.8, 4) is 5.75 Å². The van der Waals surface area contributed by atoms with E-state index in [0.717, 1.165) is 25.2 Å². The molecule has 0 bridgehead atoms. The highest BCUT2D eigenvalue weighted by atomic mass is 35.5. The van der Waals surface area contributed by atoms with Gasteiger partial charge in [-0.05, 0) is 53.6 Å². The molecule has 2 heterocycles. The van der Waals surface area contributed by atoms with Crippen molar-refractivity contribution in [1.82, 2.24) is 14.8 Å². The molecule has 1 aromatic heterocycles. The number of aromatic nitrogens is 1. The van der Waals surface area contributed by atoms with Crippen LogP contribution < -0.4 is 4.74 Å². The van der Waals surface area contributed by atoms with Crippen LogP contribution in [0.4, 0.5) is 0 Å². The maximum absolute atomic E-state index is 13.0. The van der Waals surface area contributed by atoms with E-state index in [1.165, 1.54) is 5.56 Å². The summed E-state index contributed by atoms with van der Waals surface area (Å²) >= 11 is 12.2. The lowest BCUT2D eigenvalue weighted by molar-refractivity contribution is 0.0628. The molecule has 1 amide bonds. The number of piperazine rings is 1. The topological polar surface area (TPSA) is 45.7 Å². The van der Waals surface area contributed by atoms with Gasteiger partial charge in [-0.15, -0.1) is 0 Å². The van der Waals surface area contributed by atoms with E-state index in [9.17, 15) is 4.79 Å². The molecule has 0 N–H and O–H groups in total. The van der Waals surface area contributed by atoms with Crippen LogP contribution in [0.5, 0.6) is 5.75 Å². The van der Waals surface area contributed by atoms with E-state index < -0.39 is 0 Å². The van der Waals surface area contributed by atoms with Crippen molar-refractivity contribution >= 4 is 29.1 Å². The summed E-state index contributed by atoms with van der Waals surface area (Å²) in [6.07, 6.45) is 4.29. The van der Waals surface area contributed by atoms with Crippen LogP contribution in [-0.2, 0) is 13.0 Å². The summed E-state index contributed by atoms with van der Waals surface area (Å²) in [5, 5.41) is 1.25. The van der Waals surface area contributed by atoms with Crippen molar-refractivity contribution in [2.75, 3.05) is 32.8 Å². The lowest BCUT2D eigenvalue weighted by atomic mass is 10.1. The number of carbonyl (C=O) groups is 1. The number of ether oxygens (including phenoxy) is 1. The molecule has 1 fully saturated rings. The molecular weight excluding hydrogens is 445 g/mol. The molecule has 3 aromatic rings. The van der Waals surface area contributed by atoms with Gasteiger partial charge in [-0.1, -0.05) is 35.3 Å². The number of rotatable bonds is 7. The van der Waals surface area contributed by atoms with Crippen LogP contribution in [0.2, 0.25) is 10.0 Å². The van der Waals surface area contributed by atoms with Gasteiger partial charge in [0.15, 0.2) is 0 Å². The molecule has 1 saturated heterocycles. The SMILES string of the molecule is O=C(c1cccc(OCCc2ccc(Cl)cc2Cl)c1)N1CCN(Cc2ccncc2)CC1. The predicted molar refractivity (Wildman–Crippen MR) is 128 cm³/mol. The average Bonchev–Trinajstić information content (AvgIpc) is 2.81. The highest BCUT2D eigenvalue weighted by Crippen LogP contribution is 2.22. The summed E-state index contributed by atoms with van der Waals surface area (Å²) in [5.74, 6) is 0.719. The standard InChI is InChI=1S/C25H25Cl2N3O2/c26-22-5-4-20(24(27)17-22)8-15-32-23-3-1-2-21(16-23)25(31)30-13-11-29(12-14-30)18-19-6-9-28-10-7-19/h1-7,9-10,16-17H,8,11-15,18H2. The van der Waals surface area contributed by atoms with Gasteiger partial charge in [0, 0.05) is 67.1 Å². The Kier molecular flexibility index (Phi) is 7.63. The second-order valence-electron chi connectivity index (χ2n) is 7.79. The zero-order chi connectivity index (χ0) is 22.3. The highest BCUT2D eigenvalue weighted by Gasteiger charge is 2.22. The van der Waals surface area contributed by atoms with Gasteiger partial charge in [-0.3, -0.25) is 14.7 Å². The number of hydrogen-bond acceptors (Lipinski definition) is 4. The lowest BCUT2D eigenvalue weighted by Crippen LogP contribution is -2.48. The predicted octanol–water partition coefficient (Wildman–Crippen LogP) is 4.97. The first-order chi connectivity index (χ1) is 15.6. The molecule has 0 saturated carbocycles. The first-order valence-corrected chi connectivity index (χ1v) is 11.4. The largest absolute Gasteiger partial charge is 0.493 e. The number of pyridine rings is 1. The monoisotopic (exact) mass is 469 g/mol. The molecule has 0 spiro atoms. The molecule has 2 aromatic carbocycles. The Morgan fingerprint density at radius 3 is 2.50 bits per heavy atom. The van der Waals surface area contributed by atoms with E-state index >= 15 is 0 Å². The molecule has 166 valence electrons. The first kappa shape index (κ1) is 22.6. The van der Waals surface area contributed by atoms with Crippen molar-refractivity contribution in [3.63, 3.8) is 0 Å². The number of nitrogens with zero attached hydrogens (tertiary/aromatic N) is 3. The van der Waals surface area contributed by atoms with E-state index in [-0.39, 0.29) is 5.91 Å². The van der Waals surface area contributed by atoms with Crippen LogP contribution >= 0.6 is 23.2 Å². The quantitative estimate of drug-likeness (QED) is 0.489. The van der Waals surface area contributed by atoms with Crippen molar-refractivity contribution in [1.29, 1.82) is 0 Å². The van der Waals surface area contributed by atoms with Crippen LogP contribution in [0.15, 0.2) is 67.0 Å². The van der Waals surface area contributed by atoms with E-state index in [0.29, 0.717) is 47.5 Å². The van der Waals surface area contributed by atoms with Crippen LogP contribution in [0, 0.1) is 0 Å². The number of benzene rings is 2. The molecule has 0 atom stereocenters. The molecule has 32 heavy (non-hydrogen) atoms. The minimum Gasteiger partial charge on any atom is -0.493 e. The number of carbonyl (C=O) groups excluding carboxylic acids is 1. The van der Waals surface area contributed by atoms with Crippen LogP contribution in [-0.4, -0.2) is 53.5 Å². The second-order valence-corrected chi connectivity index (χ2v) is 8.63. The van der Waals surface area contributed by atoms with E-state index in [1.54, 1.807) is 6.07 Å². The Bertz CT molecular complexity index is 1050. The molecule has 1 aliphatic rings. The summed E-state index contributed by atoms with van der Waals surface area (Å²) in [6.45, 7) is 4.48. The smallest absolute Gasteiger partial charge is 0.254 e. The minimum absolute atomic E-state index is 0.0414. The van der Waals surface area contributed by atoms with Crippen molar-refractivity contribution < 1.29 is 9.53 Å². The van der Waals surface area contributed by atoms with Crippen LogP contribution in [0.25, 0.3) is 0 Å². The third kappa shape index (κ3) is 6.00. The summed E-state index contributed by atoms with van der Waals surface area (Å²) in [5.41, 5.74) is 2.87. The highest BCUT2D eigenvalue weighted by molar-refractivity contribution is 6.35. The molecule has 0 radical (unpaired) electrons. The van der Waals surface area contributed by atoms with Gasteiger partial charge < -0.3 is 9.64 Å². The fourth-order valence-electron chi connectivity index (χ4n) is 3.76.